The van der Waals surface area contributed by atoms with Gasteiger partial charge in [0.15, 0.2) is 5.16 Å². The lowest BCUT2D eigenvalue weighted by atomic mass is 10.1. The van der Waals surface area contributed by atoms with Crippen molar-refractivity contribution in [2.75, 3.05) is 10.8 Å². The predicted octanol–water partition coefficient (Wildman–Crippen LogP) is 1.65. The van der Waals surface area contributed by atoms with E-state index in [9.17, 15) is 14.7 Å². The highest BCUT2D eigenvalue weighted by molar-refractivity contribution is 8.40. The van der Waals surface area contributed by atoms with Gasteiger partial charge in [0, 0.05) is 28.1 Å². The lowest BCUT2D eigenvalue weighted by Gasteiger charge is -2.57. The third-order valence-electron chi connectivity index (χ3n) is 4.38. The number of fused-ring (bicyclic) bond motifs is 1. The molecular formula is C15H15N5O3S2. The Morgan fingerprint density at radius 3 is 3.04 bits per heavy atom. The van der Waals surface area contributed by atoms with Crippen LogP contribution in [-0.4, -0.2) is 58.3 Å². The molecule has 0 spiro atoms. The number of carboxylic acids is 1. The smallest absolute Gasteiger partial charge is 0.352 e. The Bertz CT molecular complexity index is 842. The summed E-state index contributed by atoms with van der Waals surface area (Å²) in [5.41, 5.74) is 0.0953. The monoisotopic (exact) mass is 377 g/mol. The maximum absolute atomic E-state index is 12.1. The van der Waals surface area contributed by atoms with Gasteiger partial charge in [0.25, 0.3) is 0 Å². The van der Waals surface area contributed by atoms with Gasteiger partial charge >= 0.3 is 5.97 Å². The van der Waals surface area contributed by atoms with Crippen LogP contribution in [0.3, 0.4) is 0 Å². The van der Waals surface area contributed by atoms with Crippen molar-refractivity contribution >= 4 is 33.7 Å². The van der Waals surface area contributed by atoms with Gasteiger partial charge in [-0.2, -0.15) is 15.1 Å². The van der Waals surface area contributed by atoms with E-state index in [-0.39, 0.29) is 17.0 Å². The number of aliphatic carboxylic acids is 1. The van der Waals surface area contributed by atoms with Crippen LogP contribution in [0.5, 0.6) is 0 Å². The molecule has 10 heteroatoms. The second-order valence-corrected chi connectivity index (χ2v) is 10.5. The lowest BCUT2D eigenvalue weighted by molar-refractivity contribution is -0.146. The molecule has 2 aliphatic rings. The molecule has 8 nitrogen and oxygen atoms in total. The molecule has 0 aromatic carbocycles. The van der Waals surface area contributed by atoms with Crippen molar-refractivity contribution in [3.8, 4) is 0 Å². The molecule has 1 amide bonds. The molecule has 1 fully saturated rings. The number of carbonyl (C=O) groups excluding carboxylic acids is 1. The first-order valence-electron chi connectivity index (χ1n) is 7.53. The highest BCUT2D eigenvalue weighted by atomic mass is 32.3. The van der Waals surface area contributed by atoms with E-state index in [1.807, 2.05) is 18.3 Å². The second-order valence-electron chi connectivity index (χ2n) is 5.67. The molecular weight excluding hydrogens is 362 g/mol. The minimum absolute atomic E-state index is 0.0953. The Balaban J connectivity index is 1.74. The molecule has 4 heterocycles. The van der Waals surface area contributed by atoms with E-state index in [1.54, 1.807) is 24.0 Å². The summed E-state index contributed by atoms with van der Waals surface area (Å²) in [5, 5.41) is 17.4. The van der Waals surface area contributed by atoms with E-state index in [4.69, 9.17) is 0 Å². The van der Waals surface area contributed by atoms with Crippen molar-refractivity contribution in [2.24, 2.45) is 0 Å². The topological polar surface area (TPSA) is 112 Å². The van der Waals surface area contributed by atoms with E-state index in [0.717, 1.165) is 4.90 Å². The number of thioether (sulfide) groups is 1. The first-order chi connectivity index (χ1) is 12.1. The molecule has 2 aromatic heterocycles. The first kappa shape index (κ1) is 16.2. The average Bonchev–Trinajstić information content (AvgIpc) is 3.13. The minimum Gasteiger partial charge on any atom is -0.477 e. The molecule has 0 radical (unpaired) electrons. The summed E-state index contributed by atoms with van der Waals surface area (Å²) in [6.45, 7) is 0. The van der Waals surface area contributed by atoms with Gasteiger partial charge in [0.1, 0.15) is 12.0 Å². The fraction of sp³-hybridized carbons (Fsp3) is 0.267. The van der Waals surface area contributed by atoms with Crippen molar-refractivity contribution in [3.05, 3.63) is 42.6 Å². The zero-order chi connectivity index (χ0) is 17.4. The number of H-pyrrole nitrogens is 1. The highest BCUT2D eigenvalue weighted by Gasteiger charge is 2.53. The van der Waals surface area contributed by atoms with E-state index in [1.165, 1.54) is 11.2 Å². The summed E-state index contributed by atoms with van der Waals surface area (Å²) in [4.78, 5) is 34.5. The number of carbonyl (C=O) groups is 2. The molecule has 0 saturated carbocycles. The number of amides is 1. The predicted molar refractivity (Wildman–Crippen MR) is 93.0 cm³/mol. The summed E-state index contributed by atoms with van der Waals surface area (Å²) in [7, 11) is -1.51. The largest absolute Gasteiger partial charge is 0.477 e. The van der Waals surface area contributed by atoms with Gasteiger partial charge < -0.3 is 5.11 Å². The van der Waals surface area contributed by atoms with Crippen molar-refractivity contribution in [1.82, 2.24) is 25.1 Å². The lowest BCUT2D eigenvalue weighted by Crippen LogP contribution is -2.57. The Labute approximate surface area is 149 Å². The van der Waals surface area contributed by atoms with Gasteiger partial charge in [0.2, 0.25) is 5.91 Å². The molecule has 0 aliphatic carbocycles. The fourth-order valence-electron chi connectivity index (χ4n) is 3.13. The number of nitrogens with one attached hydrogen (secondary N) is 1. The number of nitrogens with zero attached hydrogens (tertiary/aromatic N) is 4. The van der Waals surface area contributed by atoms with Crippen LogP contribution in [0.1, 0.15) is 6.42 Å². The molecule has 1 unspecified atom stereocenters. The second kappa shape index (κ2) is 6.19. The maximum atomic E-state index is 12.1. The van der Waals surface area contributed by atoms with Crippen LogP contribution < -0.4 is 0 Å². The number of β-lactam (4-membered cyclic amide) rings is 1. The summed E-state index contributed by atoms with van der Waals surface area (Å²) in [6, 6.07) is 3.90. The van der Waals surface area contributed by atoms with Crippen LogP contribution in [-0.2, 0) is 9.59 Å². The molecule has 4 rings (SSSR count). The average molecular weight is 377 g/mol. The van der Waals surface area contributed by atoms with Crippen molar-refractivity contribution in [1.29, 1.82) is 0 Å². The minimum atomic E-state index is -1.51. The SMILES string of the molecule is O=C(O)C1=CCS(CSc2ncn[nH]2)(c2cccnc2)[C@@H]2CC(=O)N12. The Hall–Kier alpha value is -2.33. The van der Waals surface area contributed by atoms with Gasteiger partial charge in [-0.3, -0.25) is 19.8 Å². The number of carboxylic acid groups (broad SMARTS) is 1. The zero-order valence-electron chi connectivity index (χ0n) is 13.0. The van der Waals surface area contributed by atoms with Crippen LogP contribution in [0.15, 0.2) is 52.7 Å². The Kier molecular flexibility index (Phi) is 4.00. The van der Waals surface area contributed by atoms with Crippen molar-refractivity contribution in [3.63, 3.8) is 0 Å². The standard InChI is InChI=1S/C15H15N5O3S2/c21-12-6-13-20(12)11(14(22)23)3-5-25(13,10-2-1-4-16-7-10)9-24-15-17-8-18-19-15/h1-4,7-8,13H,5-6,9H2,(H,22,23)(H,17,18,19)/t13-/m1/s1. The quantitative estimate of drug-likeness (QED) is 0.602. The van der Waals surface area contributed by atoms with Crippen LogP contribution in [0, 0.1) is 0 Å². The van der Waals surface area contributed by atoms with Crippen LogP contribution >= 0.6 is 21.8 Å². The van der Waals surface area contributed by atoms with E-state index >= 15 is 0 Å². The van der Waals surface area contributed by atoms with Crippen molar-refractivity contribution < 1.29 is 14.7 Å². The summed E-state index contributed by atoms with van der Waals surface area (Å²) < 4.78 is 0. The molecule has 2 aliphatic heterocycles. The number of pyridine rings is 1. The third-order valence-corrected chi connectivity index (χ3v) is 10.4. The molecule has 2 atom stereocenters. The molecule has 2 aromatic rings. The molecule has 130 valence electrons. The third kappa shape index (κ3) is 2.61. The van der Waals surface area contributed by atoms with Gasteiger partial charge in [-0.05, 0) is 18.2 Å². The fourth-order valence-corrected chi connectivity index (χ4v) is 9.11. The molecule has 25 heavy (non-hydrogen) atoms. The summed E-state index contributed by atoms with van der Waals surface area (Å²) in [5.74, 6) is -0.584. The maximum Gasteiger partial charge on any atom is 0.352 e. The van der Waals surface area contributed by atoms with Gasteiger partial charge in [-0.25, -0.2) is 9.78 Å². The van der Waals surface area contributed by atoms with Gasteiger partial charge in [-0.15, -0.1) is 0 Å². The molecule has 0 bridgehead atoms. The summed E-state index contributed by atoms with van der Waals surface area (Å²) in [6.07, 6.45) is 7.05. The Morgan fingerprint density at radius 2 is 2.40 bits per heavy atom. The summed E-state index contributed by atoms with van der Waals surface area (Å²) >= 11 is 1.54. The molecule has 2 N–H and O–H groups in total. The number of hydrogen-bond acceptors (Lipinski definition) is 6. The number of aromatic nitrogens is 4. The Morgan fingerprint density at radius 1 is 1.52 bits per heavy atom. The van der Waals surface area contributed by atoms with E-state index in [2.05, 4.69) is 20.2 Å². The van der Waals surface area contributed by atoms with E-state index < -0.39 is 16.0 Å². The zero-order valence-corrected chi connectivity index (χ0v) is 14.7. The van der Waals surface area contributed by atoms with Crippen LogP contribution in [0.2, 0.25) is 0 Å². The van der Waals surface area contributed by atoms with Crippen LogP contribution in [0.4, 0.5) is 0 Å². The molecule has 1 saturated heterocycles. The van der Waals surface area contributed by atoms with Crippen molar-refractivity contribution in [2.45, 2.75) is 21.8 Å². The highest BCUT2D eigenvalue weighted by Crippen LogP contribution is 2.68. The van der Waals surface area contributed by atoms with Gasteiger partial charge in [0.05, 0.1) is 11.8 Å². The van der Waals surface area contributed by atoms with E-state index in [0.29, 0.717) is 22.4 Å². The first-order valence-corrected chi connectivity index (χ1v) is 10.5. The van der Waals surface area contributed by atoms with Gasteiger partial charge in [-0.1, -0.05) is 11.8 Å². The number of rotatable bonds is 5. The van der Waals surface area contributed by atoms with Crippen LogP contribution in [0.25, 0.3) is 0 Å². The number of aromatic amines is 1. The number of hydrogen-bond donors (Lipinski definition) is 2. The normalized spacial score (nSPS) is 27.7.